The Kier molecular flexibility index (Phi) is 3.64. The summed E-state index contributed by atoms with van der Waals surface area (Å²) in [6.07, 6.45) is 1.31. The molecule has 0 radical (unpaired) electrons. The Labute approximate surface area is 150 Å². The first kappa shape index (κ1) is 16.8. The summed E-state index contributed by atoms with van der Waals surface area (Å²) in [4.78, 5) is 37.7. The Hall–Kier alpha value is -2.70. The lowest BCUT2D eigenvalue weighted by atomic mass is 9.81. The van der Waals surface area contributed by atoms with Crippen LogP contribution < -0.4 is 5.69 Å². The molecule has 2 atom stereocenters. The molecule has 1 aromatic carbocycles. The predicted octanol–water partition coefficient (Wildman–Crippen LogP) is 1.68. The Balaban J connectivity index is 1.67. The fraction of sp³-hybridized carbons (Fsp3) is 0.474. The number of aryl methyl sites for hydroxylation is 2. The lowest BCUT2D eigenvalue weighted by Crippen LogP contribution is -2.39. The third-order valence-corrected chi connectivity index (χ3v) is 5.44. The van der Waals surface area contributed by atoms with Crippen LogP contribution in [0.25, 0.3) is 0 Å². The van der Waals surface area contributed by atoms with Crippen molar-refractivity contribution in [2.24, 2.45) is 5.92 Å². The number of esters is 1. The van der Waals surface area contributed by atoms with E-state index in [4.69, 9.17) is 4.74 Å². The van der Waals surface area contributed by atoms with Crippen molar-refractivity contribution < 1.29 is 14.3 Å². The van der Waals surface area contributed by atoms with E-state index in [9.17, 15) is 14.4 Å². The van der Waals surface area contributed by atoms with Crippen LogP contribution in [0.5, 0.6) is 0 Å². The SMILES string of the molecule is Cc1ccc(C(=O)Cn2nc3n(c2=O)C2C(=O)OC(C)(C)C2CC3)cc1. The van der Waals surface area contributed by atoms with Crippen molar-refractivity contribution in [1.82, 2.24) is 14.3 Å². The average Bonchev–Trinajstić information content (AvgIpc) is 3.02. The molecular weight excluding hydrogens is 334 g/mol. The molecule has 0 amide bonds. The van der Waals surface area contributed by atoms with Gasteiger partial charge in [0, 0.05) is 17.9 Å². The summed E-state index contributed by atoms with van der Waals surface area (Å²) in [7, 11) is 0. The van der Waals surface area contributed by atoms with E-state index in [1.54, 1.807) is 12.1 Å². The molecule has 7 heteroatoms. The molecule has 1 saturated heterocycles. The summed E-state index contributed by atoms with van der Waals surface area (Å²) in [6, 6.07) is 6.55. The third-order valence-electron chi connectivity index (χ3n) is 5.44. The highest BCUT2D eigenvalue weighted by molar-refractivity contribution is 5.95. The summed E-state index contributed by atoms with van der Waals surface area (Å²) in [5.41, 5.74) is 0.570. The van der Waals surface area contributed by atoms with Gasteiger partial charge in [-0.05, 0) is 27.2 Å². The number of benzene rings is 1. The fourth-order valence-corrected chi connectivity index (χ4v) is 4.00. The minimum Gasteiger partial charge on any atom is -0.458 e. The number of hydrogen-bond acceptors (Lipinski definition) is 5. The van der Waals surface area contributed by atoms with Crippen LogP contribution in [0, 0.1) is 12.8 Å². The lowest BCUT2D eigenvalue weighted by molar-refractivity contribution is -0.148. The van der Waals surface area contributed by atoms with E-state index in [1.165, 1.54) is 9.25 Å². The molecule has 2 aliphatic rings. The van der Waals surface area contributed by atoms with E-state index in [0.29, 0.717) is 17.8 Å². The Morgan fingerprint density at radius 2 is 1.96 bits per heavy atom. The van der Waals surface area contributed by atoms with Crippen molar-refractivity contribution in [3.05, 3.63) is 51.7 Å². The summed E-state index contributed by atoms with van der Waals surface area (Å²) in [5.74, 6) is -0.103. The van der Waals surface area contributed by atoms with E-state index < -0.39 is 23.3 Å². The quantitative estimate of drug-likeness (QED) is 0.618. The van der Waals surface area contributed by atoms with Gasteiger partial charge in [0.15, 0.2) is 5.78 Å². The van der Waals surface area contributed by atoms with Crippen molar-refractivity contribution in [2.75, 3.05) is 0 Å². The second-order valence-corrected chi connectivity index (χ2v) is 7.63. The molecule has 4 rings (SSSR count). The number of ether oxygens (including phenoxy) is 1. The van der Waals surface area contributed by atoms with Gasteiger partial charge in [-0.1, -0.05) is 29.8 Å². The molecule has 2 aromatic rings. The van der Waals surface area contributed by atoms with Crippen LogP contribution in [0.15, 0.2) is 29.1 Å². The van der Waals surface area contributed by atoms with Gasteiger partial charge >= 0.3 is 11.7 Å². The van der Waals surface area contributed by atoms with Crippen LogP contribution in [-0.2, 0) is 22.5 Å². The maximum absolute atomic E-state index is 12.8. The molecule has 0 spiro atoms. The molecule has 0 saturated carbocycles. The summed E-state index contributed by atoms with van der Waals surface area (Å²) < 4.78 is 8.07. The standard InChI is InChI=1S/C19H21N3O4/c1-11-4-6-12(7-5-11)14(23)10-21-18(25)22-15(20-21)9-8-13-16(22)17(24)26-19(13,2)3/h4-7,13,16H,8-10H2,1-3H3. The van der Waals surface area contributed by atoms with Crippen LogP contribution in [0.2, 0.25) is 0 Å². The number of carbonyl (C=O) groups excluding carboxylic acids is 2. The van der Waals surface area contributed by atoms with Crippen LogP contribution in [0.4, 0.5) is 0 Å². The van der Waals surface area contributed by atoms with Gasteiger partial charge in [0.1, 0.15) is 24.0 Å². The normalized spacial score (nSPS) is 23.3. The van der Waals surface area contributed by atoms with Crippen molar-refractivity contribution >= 4 is 11.8 Å². The second kappa shape index (κ2) is 5.65. The van der Waals surface area contributed by atoms with Crippen LogP contribution in [0.1, 0.15) is 48.1 Å². The highest BCUT2D eigenvalue weighted by atomic mass is 16.6. The van der Waals surface area contributed by atoms with Gasteiger partial charge in [0.2, 0.25) is 0 Å². The molecule has 1 aromatic heterocycles. The fourth-order valence-electron chi connectivity index (χ4n) is 4.00. The second-order valence-electron chi connectivity index (χ2n) is 7.63. The minimum absolute atomic E-state index is 0.0642. The number of rotatable bonds is 3. The molecule has 26 heavy (non-hydrogen) atoms. The number of nitrogens with zero attached hydrogens (tertiary/aromatic N) is 3. The Morgan fingerprint density at radius 1 is 1.27 bits per heavy atom. The predicted molar refractivity (Wildman–Crippen MR) is 93.0 cm³/mol. The van der Waals surface area contributed by atoms with E-state index in [1.807, 2.05) is 32.9 Å². The minimum atomic E-state index is -0.649. The van der Waals surface area contributed by atoms with E-state index in [2.05, 4.69) is 5.10 Å². The monoisotopic (exact) mass is 355 g/mol. The van der Waals surface area contributed by atoms with Gasteiger partial charge in [0.05, 0.1) is 0 Å². The topological polar surface area (TPSA) is 83.2 Å². The molecule has 0 bridgehead atoms. The first-order valence-electron chi connectivity index (χ1n) is 8.79. The zero-order valence-electron chi connectivity index (χ0n) is 15.1. The van der Waals surface area contributed by atoms with E-state index >= 15 is 0 Å². The Bertz CT molecular complexity index is 952. The number of fused-ring (bicyclic) bond motifs is 3. The molecule has 2 unspecified atom stereocenters. The lowest BCUT2D eigenvalue weighted by Gasteiger charge is -2.29. The van der Waals surface area contributed by atoms with Gasteiger partial charge in [-0.15, -0.1) is 0 Å². The smallest absolute Gasteiger partial charge is 0.347 e. The maximum atomic E-state index is 12.8. The van der Waals surface area contributed by atoms with E-state index in [0.717, 1.165) is 12.0 Å². The maximum Gasteiger partial charge on any atom is 0.347 e. The zero-order valence-corrected chi connectivity index (χ0v) is 15.1. The van der Waals surface area contributed by atoms with Gasteiger partial charge in [-0.3, -0.25) is 9.36 Å². The van der Waals surface area contributed by atoms with Crippen molar-refractivity contribution in [3.8, 4) is 0 Å². The molecule has 7 nitrogen and oxygen atoms in total. The molecule has 1 fully saturated rings. The Morgan fingerprint density at radius 3 is 2.65 bits per heavy atom. The summed E-state index contributed by atoms with van der Waals surface area (Å²) in [6.45, 7) is 5.55. The first-order valence-corrected chi connectivity index (χ1v) is 8.79. The van der Waals surface area contributed by atoms with Gasteiger partial charge in [-0.2, -0.15) is 5.10 Å². The highest BCUT2D eigenvalue weighted by Crippen LogP contribution is 2.44. The molecular formula is C19H21N3O4. The zero-order chi connectivity index (χ0) is 18.6. The number of cyclic esters (lactones) is 1. The summed E-state index contributed by atoms with van der Waals surface area (Å²) >= 11 is 0. The number of aromatic nitrogens is 3. The van der Waals surface area contributed by atoms with Crippen LogP contribution >= 0.6 is 0 Å². The number of carbonyl (C=O) groups is 2. The molecule has 0 aliphatic carbocycles. The molecule has 3 heterocycles. The van der Waals surface area contributed by atoms with E-state index in [-0.39, 0.29) is 18.2 Å². The first-order chi connectivity index (χ1) is 12.3. The van der Waals surface area contributed by atoms with Gasteiger partial charge < -0.3 is 4.74 Å². The molecule has 136 valence electrons. The van der Waals surface area contributed by atoms with Gasteiger partial charge in [-0.25, -0.2) is 14.3 Å². The number of Topliss-reactive ketones (excluding diaryl/α,β-unsaturated/α-hetero) is 1. The summed E-state index contributed by atoms with van der Waals surface area (Å²) in [5, 5.41) is 4.31. The highest BCUT2D eigenvalue weighted by Gasteiger charge is 2.53. The average molecular weight is 355 g/mol. The number of ketones is 1. The molecule has 0 N–H and O–H groups in total. The van der Waals surface area contributed by atoms with Crippen molar-refractivity contribution in [3.63, 3.8) is 0 Å². The largest absolute Gasteiger partial charge is 0.458 e. The number of hydrogen-bond donors (Lipinski definition) is 0. The van der Waals surface area contributed by atoms with Crippen molar-refractivity contribution in [2.45, 2.75) is 51.8 Å². The van der Waals surface area contributed by atoms with Crippen LogP contribution in [0.3, 0.4) is 0 Å². The third kappa shape index (κ3) is 2.50. The van der Waals surface area contributed by atoms with Gasteiger partial charge in [0.25, 0.3) is 0 Å². The van der Waals surface area contributed by atoms with Crippen molar-refractivity contribution in [1.29, 1.82) is 0 Å². The molecule has 2 aliphatic heterocycles. The van der Waals surface area contributed by atoms with Crippen LogP contribution in [-0.4, -0.2) is 31.7 Å².